The number of halogens is 1. The first-order valence-corrected chi connectivity index (χ1v) is 10.4. The molecule has 0 bridgehead atoms. The van der Waals surface area contributed by atoms with Gasteiger partial charge in [0.05, 0.1) is 18.0 Å². The molecule has 0 unspecified atom stereocenters. The van der Waals surface area contributed by atoms with Crippen LogP contribution in [-0.2, 0) is 14.8 Å². The molecule has 0 saturated carbocycles. The van der Waals surface area contributed by atoms with Crippen molar-refractivity contribution in [3.63, 3.8) is 0 Å². The summed E-state index contributed by atoms with van der Waals surface area (Å²) in [6.45, 7) is 0. The van der Waals surface area contributed by atoms with Crippen LogP contribution < -0.4 is 4.72 Å². The van der Waals surface area contributed by atoms with Gasteiger partial charge in [-0.3, -0.25) is 9.52 Å². The molecule has 1 heterocycles. The van der Waals surface area contributed by atoms with Gasteiger partial charge < -0.3 is 0 Å². The molecule has 3 rings (SSSR count). The molecule has 0 saturated heterocycles. The molecule has 136 valence electrons. The molecular formula is C18H18ClN3O3S. The fourth-order valence-corrected chi connectivity index (χ4v) is 3.56. The third kappa shape index (κ3) is 4.23. The molecule has 6 nitrogen and oxygen atoms in total. The van der Waals surface area contributed by atoms with Gasteiger partial charge >= 0.3 is 0 Å². The van der Waals surface area contributed by atoms with Gasteiger partial charge in [-0.05, 0) is 23.3 Å². The molecule has 1 amide bonds. The van der Waals surface area contributed by atoms with Gasteiger partial charge in [0, 0.05) is 12.1 Å². The Morgan fingerprint density at radius 2 is 1.96 bits per heavy atom. The zero-order valence-corrected chi connectivity index (χ0v) is 15.7. The first-order chi connectivity index (χ1) is 12.4. The van der Waals surface area contributed by atoms with Crippen LogP contribution >= 0.6 is 11.6 Å². The highest BCUT2D eigenvalue weighted by molar-refractivity contribution is 7.92. The Kier molecular flexibility index (Phi) is 5.29. The minimum Gasteiger partial charge on any atom is -0.284 e. The lowest BCUT2D eigenvalue weighted by molar-refractivity contribution is -0.130. The van der Waals surface area contributed by atoms with E-state index in [9.17, 15) is 13.2 Å². The second kappa shape index (κ2) is 7.47. The van der Waals surface area contributed by atoms with E-state index in [-0.39, 0.29) is 17.8 Å². The van der Waals surface area contributed by atoms with Gasteiger partial charge in [-0.15, -0.1) is 11.6 Å². The van der Waals surface area contributed by atoms with Crippen molar-refractivity contribution in [3.8, 4) is 0 Å². The molecule has 26 heavy (non-hydrogen) atoms. The van der Waals surface area contributed by atoms with Crippen molar-refractivity contribution in [2.45, 2.75) is 12.5 Å². The normalized spacial score (nSPS) is 17.1. The van der Waals surface area contributed by atoms with Crippen LogP contribution in [0.25, 0.3) is 0 Å². The number of amides is 1. The van der Waals surface area contributed by atoms with Crippen molar-refractivity contribution in [2.24, 2.45) is 5.10 Å². The highest BCUT2D eigenvalue weighted by Crippen LogP contribution is 2.33. The molecule has 2 aromatic rings. The van der Waals surface area contributed by atoms with Crippen molar-refractivity contribution < 1.29 is 13.2 Å². The second-order valence-corrected chi connectivity index (χ2v) is 8.02. The fourth-order valence-electron chi connectivity index (χ4n) is 2.89. The van der Waals surface area contributed by atoms with Gasteiger partial charge in [-0.1, -0.05) is 42.5 Å². The quantitative estimate of drug-likeness (QED) is 0.796. The summed E-state index contributed by atoms with van der Waals surface area (Å²) in [4.78, 5) is 12.2. The zero-order chi connectivity index (χ0) is 18.7. The Morgan fingerprint density at radius 1 is 1.23 bits per heavy atom. The summed E-state index contributed by atoms with van der Waals surface area (Å²) in [5.74, 6) is -0.434. The number of carbonyl (C=O) groups is 1. The van der Waals surface area contributed by atoms with Crippen molar-refractivity contribution in [2.75, 3.05) is 16.9 Å². The van der Waals surface area contributed by atoms with Crippen molar-refractivity contribution in [3.05, 3.63) is 65.7 Å². The number of sulfonamides is 1. The number of alkyl halides is 1. The van der Waals surface area contributed by atoms with Crippen molar-refractivity contribution in [1.82, 2.24) is 5.01 Å². The van der Waals surface area contributed by atoms with Crippen molar-refractivity contribution >= 4 is 38.9 Å². The number of anilines is 1. The molecule has 0 spiro atoms. The van der Waals surface area contributed by atoms with E-state index in [0.29, 0.717) is 17.8 Å². The van der Waals surface area contributed by atoms with Crippen molar-refractivity contribution in [1.29, 1.82) is 0 Å². The molecule has 0 radical (unpaired) electrons. The first-order valence-electron chi connectivity index (χ1n) is 7.96. The number of hydrazone groups is 1. The van der Waals surface area contributed by atoms with E-state index < -0.39 is 10.0 Å². The number of hydrogen-bond acceptors (Lipinski definition) is 4. The Hall–Kier alpha value is -2.38. The molecule has 1 N–H and O–H groups in total. The third-order valence-corrected chi connectivity index (χ3v) is 4.80. The van der Waals surface area contributed by atoms with Crippen LogP contribution in [0.5, 0.6) is 0 Å². The molecule has 1 aliphatic rings. The topological polar surface area (TPSA) is 78.8 Å². The maximum Gasteiger partial charge on any atom is 0.258 e. The van der Waals surface area contributed by atoms with E-state index in [1.165, 1.54) is 5.01 Å². The molecule has 0 aliphatic carbocycles. The minimum atomic E-state index is -3.37. The molecule has 0 aromatic heterocycles. The average molecular weight is 392 g/mol. The summed E-state index contributed by atoms with van der Waals surface area (Å²) in [7, 11) is -3.37. The number of nitrogens with zero attached hydrogens (tertiary/aromatic N) is 2. The molecule has 1 atom stereocenters. The molecule has 8 heteroatoms. The van der Waals surface area contributed by atoms with E-state index in [2.05, 4.69) is 9.82 Å². The number of nitrogens with one attached hydrogen (secondary N) is 1. The predicted octanol–water partition coefficient (Wildman–Crippen LogP) is 2.97. The SMILES string of the molecule is CS(=O)(=O)Nc1cccc(C2=NN(C(=O)CCl)[C@H](c3ccccc3)C2)c1. The van der Waals surface area contributed by atoms with E-state index >= 15 is 0 Å². The van der Waals surface area contributed by atoms with Crippen LogP contribution in [-0.4, -0.2) is 37.2 Å². The second-order valence-electron chi connectivity index (χ2n) is 6.00. The van der Waals surface area contributed by atoms with Gasteiger partial charge in [0.2, 0.25) is 10.0 Å². The Morgan fingerprint density at radius 3 is 2.62 bits per heavy atom. The maximum atomic E-state index is 12.2. The van der Waals surface area contributed by atoms with Gasteiger partial charge in [0.1, 0.15) is 5.88 Å². The highest BCUT2D eigenvalue weighted by atomic mass is 35.5. The van der Waals surface area contributed by atoms with Crippen LogP contribution in [0.15, 0.2) is 59.7 Å². The monoisotopic (exact) mass is 391 g/mol. The Labute approximate surface area is 157 Å². The molecule has 0 fully saturated rings. The Balaban J connectivity index is 1.93. The Bertz CT molecular complexity index is 945. The van der Waals surface area contributed by atoms with Crippen LogP contribution in [0.4, 0.5) is 5.69 Å². The number of benzene rings is 2. The number of rotatable bonds is 5. The molecular weight excluding hydrogens is 374 g/mol. The maximum absolute atomic E-state index is 12.2. The standard InChI is InChI=1S/C18H18ClN3O3S/c1-26(24,25)21-15-9-5-8-14(10-15)16-11-17(13-6-3-2-4-7-13)22(20-16)18(23)12-19/h2-10,17,21H,11-12H2,1H3/t17-/m0/s1. The third-order valence-electron chi connectivity index (χ3n) is 3.96. The number of hydrogen-bond donors (Lipinski definition) is 1. The summed E-state index contributed by atoms with van der Waals surface area (Å²) >= 11 is 5.74. The van der Waals surface area contributed by atoms with Crippen LogP contribution in [0.3, 0.4) is 0 Å². The summed E-state index contributed by atoms with van der Waals surface area (Å²) in [5.41, 5.74) is 2.88. The summed E-state index contributed by atoms with van der Waals surface area (Å²) in [6, 6.07) is 16.3. The van der Waals surface area contributed by atoms with Gasteiger partial charge in [-0.25, -0.2) is 13.4 Å². The van der Waals surface area contributed by atoms with Crippen LogP contribution in [0.1, 0.15) is 23.6 Å². The minimum absolute atomic E-state index is 0.157. The van der Waals surface area contributed by atoms with E-state index in [0.717, 1.165) is 17.4 Å². The smallest absolute Gasteiger partial charge is 0.258 e. The zero-order valence-electron chi connectivity index (χ0n) is 14.1. The first kappa shape index (κ1) is 18.4. The van der Waals surface area contributed by atoms with Gasteiger partial charge in [0.15, 0.2) is 0 Å². The van der Waals surface area contributed by atoms with E-state index in [1.54, 1.807) is 18.2 Å². The van der Waals surface area contributed by atoms with Crippen LogP contribution in [0, 0.1) is 0 Å². The lowest BCUT2D eigenvalue weighted by Gasteiger charge is -2.21. The van der Waals surface area contributed by atoms with E-state index in [1.807, 2.05) is 36.4 Å². The van der Waals surface area contributed by atoms with Gasteiger partial charge in [0.25, 0.3) is 5.91 Å². The molecule has 2 aromatic carbocycles. The molecule has 1 aliphatic heterocycles. The van der Waals surface area contributed by atoms with Crippen LogP contribution in [0.2, 0.25) is 0 Å². The summed E-state index contributed by atoms with van der Waals surface area (Å²) < 4.78 is 25.3. The lowest BCUT2D eigenvalue weighted by Crippen LogP contribution is -2.27. The van der Waals surface area contributed by atoms with Gasteiger partial charge in [-0.2, -0.15) is 5.10 Å². The fraction of sp³-hybridized carbons (Fsp3) is 0.222. The predicted molar refractivity (Wildman–Crippen MR) is 103 cm³/mol. The highest BCUT2D eigenvalue weighted by Gasteiger charge is 2.32. The number of carbonyl (C=O) groups excluding carboxylic acids is 1. The summed E-state index contributed by atoms with van der Waals surface area (Å²) in [6.07, 6.45) is 1.62. The summed E-state index contributed by atoms with van der Waals surface area (Å²) in [5, 5.41) is 5.87. The largest absolute Gasteiger partial charge is 0.284 e. The van der Waals surface area contributed by atoms with E-state index in [4.69, 9.17) is 11.6 Å². The average Bonchev–Trinajstić information content (AvgIpc) is 3.06. The lowest BCUT2D eigenvalue weighted by atomic mass is 9.98.